The predicted molar refractivity (Wildman–Crippen MR) is 67.4 cm³/mol. The van der Waals surface area contributed by atoms with Crippen LogP contribution in [0.5, 0.6) is 0 Å². The quantitative estimate of drug-likeness (QED) is 0.797. The molecule has 0 saturated heterocycles. The first-order valence-corrected chi connectivity index (χ1v) is 5.81. The number of rotatable bonds is 4. The lowest BCUT2D eigenvalue weighted by molar-refractivity contribution is -0.752. The number of nitrogens with zero attached hydrogens (tertiary/aromatic N) is 3. The Morgan fingerprint density at radius 2 is 2.16 bits per heavy atom. The zero-order chi connectivity index (χ0) is 13.8. The summed E-state index contributed by atoms with van der Waals surface area (Å²) in [6.45, 7) is 0.336. The molecule has 0 radical (unpaired) electrons. The summed E-state index contributed by atoms with van der Waals surface area (Å²) in [5.41, 5.74) is 1.70. The summed E-state index contributed by atoms with van der Waals surface area (Å²) in [4.78, 5) is 21.8. The van der Waals surface area contributed by atoms with Crippen LogP contribution in [-0.4, -0.2) is 20.7 Å². The van der Waals surface area contributed by atoms with E-state index in [0.29, 0.717) is 6.54 Å². The van der Waals surface area contributed by atoms with Gasteiger partial charge in [-0.2, -0.15) is 0 Å². The van der Waals surface area contributed by atoms with E-state index in [1.165, 1.54) is 10.6 Å². The first kappa shape index (κ1) is 12.9. The molecule has 0 atom stereocenters. The smallest absolute Gasteiger partial charge is 0.309 e. The Morgan fingerprint density at radius 1 is 1.37 bits per heavy atom. The number of hydrogen-bond acceptors (Lipinski definition) is 3. The zero-order valence-corrected chi connectivity index (χ0v) is 10.5. The van der Waals surface area contributed by atoms with Gasteiger partial charge in [0.05, 0.1) is 0 Å². The maximum atomic E-state index is 11.3. The molecule has 2 rings (SSSR count). The lowest BCUT2D eigenvalue weighted by atomic mass is 10.1. The van der Waals surface area contributed by atoms with Gasteiger partial charge in [-0.1, -0.05) is 4.68 Å². The average Bonchev–Trinajstić information content (AvgIpc) is 2.40. The third-order valence-corrected chi connectivity index (χ3v) is 2.75. The lowest BCUT2D eigenvalue weighted by Crippen LogP contribution is -2.38. The van der Waals surface area contributed by atoms with Crippen molar-refractivity contribution in [1.29, 1.82) is 0 Å². The van der Waals surface area contributed by atoms with Crippen molar-refractivity contribution in [2.24, 2.45) is 7.05 Å². The molecule has 0 aromatic carbocycles. The minimum atomic E-state index is -0.851. The molecular formula is C13H14N3O3+. The molecule has 98 valence electrons. The maximum Gasteiger partial charge on any atom is 0.309 e. The van der Waals surface area contributed by atoms with Crippen LogP contribution in [-0.2, 0) is 18.4 Å². The van der Waals surface area contributed by atoms with Crippen molar-refractivity contribution in [1.82, 2.24) is 9.67 Å². The summed E-state index contributed by atoms with van der Waals surface area (Å²) in [7, 11) is 1.69. The first-order chi connectivity index (χ1) is 9.06. The molecule has 6 heteroatoms. The van der Waals surface area contributed by atoms with E-state index >= 15 is 0 Å². The van der Waals surface area contributed by atoms with E-state index in [1.807, 2.05) is 6.07 Å². The summed E-state index contributed by atoms with van der Waals surface area (Å²) in [5, 5.41) is 12.7. The number of pyridine rings is 1. The van der Waals surface area contributed by atoms with Gasteiger partial charge < -0.3 is 9.67 Å². The SMILES string of the molecule is Cn1cc(-c2cc[n+](CCC(=O)O)nc2)ccc1=O. The summed E-state index contributed by atoms with van der Waals surface area (Å²) >= 11 is 0. The molecule has 0 saturated carbocycles. The van der Waals surface area contributed by atoms with E-state index in [9.17, 15) is 9.59 Å². The molecular weight excluding hydrogens is 246 g/mol. The van der Waals surface area contributed by atoms with Crippen LogP contribution in [0, 0.1) is 0 Å². The fourth-order valence-corrected chi connectivity index (χ4v) is 1.66. The van der Waals surface area contributed by atoms with E-state index in [0.717, 1.165) is 11.1 Å². The van der Waals surface area contributed by atoms with Crippen LogP contribution < -0.4 is 10.2 Å². The number of carboxylic acids is 1. The molecule has 2 aromatic rings. The van der Waals surface area contributed by atoms with E-state index in [1.54, 1.807) is 36.4 Å². The Kier molecular flexibility index (Phi) is 3.70. The summed E-state index contributed by atoms with van der Waals surface area (Å²) < 4.78 is 3.07. The van der Waals surface area contributed by atoms with E-state index in [4.69, 9.17) is 5.11 Å². The van der Waals surface area contributed by atoms with Gasteiger partial charge in [-0.3, -0.25) is 9.59 Å². The van der Waals surface area contributed by atoms with Gasteiger partial charge in [0.25, 0.3) is 0 Å². The van der Waals surface area contributed by atoms with Crippen LogP contribution in [0.1, 0.15) is 6.42 Å². The molecule has 6 nitrogen and oxygen atoms in total. The number of aryl methyl sites for hydroxylation is 2. The number of hydrogen-bond donors (Lipinski definition) is 1. The largest absolute Gasteiger partial charge is 0.481 e. The van der Waals surface area contributed by atoms with Crippen molar-refractivity contribution in [2.45, 2.75) is 13.0 Å². The standard InChI is InChI=1S/C13H13N3O3/c1-15-9-11(2-3-12(15)17)10-4-6-16(14-8-10)7-5-13(18)19/h2-4,6,8-9H,5,7H2,1H3/p+1. The molecule has 1 N–H and O–H groups in total. The van der Waals surface area contributed by atoms with Gasteiger partial charge in [-0.05, 0) is 11.2 Å². The van der Waals surface area contributed by atoms with E-state index < -0.39 is 5.97 Å². The minimum Gasteiger partial charge on any atom is -0.481 e. The summed E-state index contributed by atoms with van der Waals surface area (Å²) in [5.74, 6) is -0.851. The van der Waals surface area contributed by atoms with Crippen molar-refractivity contribution >= 4 is 5.97 Å². The second-order valence-corrected chi connectivity index (χ2v) is 4.19. The van der Waals surface area contributed by atoms with Crippen molar-refractivity contribution in [3.05, 3.63) is 47.1 Å². The Labute approximate surface area is 109 Å². The Bertz CT molecular complexity index is 647. The third-order valence-electron chi connectivity index (χ3n) is 2.75. The number of aromatic nitrogens is 3. The van der Waals surface area contributed by atoms with Gasteiger partial charge in [0.1, 0.15) is 12.6 Å². The molecule has 0 aliphatic rings. The Hall–Kier alpha value is -2.50. The van der Waals surface area contributed by atoms with Gasteiger partial charge in [0.15, 0.2) is 12.7 Å². The van der Waals surface area contributed by atoms with Crippen LogP contribution in [0.25, 0.3) is 11.1 Å². The molecule has 0 unspecified atom stereocenters. The molecule has 2 heterocycles. The molecule has 0 aliphatic heterocycles. The maximum absolute atomic E-state index is 11.3. The fourth-order valence-electron chi connectivity index (χ4n) is 1.66. The van der Waals surface area contributed by atoms with Crippen LogP contribution in [0.2, 0.25) is 0 Å². The third kappa shape index (κ3) is 3.25. The number of carbonyl (C=O) groups is 1. The van der Waals surface area contributed by atoms with Gasteiger partial charge in [0.2, 0.25) is 5.56 Å². The molecule has 0 aliphatic carbocycles. The molecule has 19 heavy (non-hydrogen) atoms. The Balaban J connectivity index is 2.19. The highest BCUT2D eigenvalue weighted by Crippen LogP contribution is 2.14. The summed E-state index contributed by atoms with van der Waals surface area (Å²) in [6.07, 6.45) is 5.16. The zero-order valence-electron chi connectivity index (χ0n) is 10.5. The second kappa shape index (κ2) is 5.43. The molecule has 2 aromatic heterocycles. The van der Waals surface area contributed by atoms with Gasteiger partial charge in [0, 0.05) is 36.5 Å². The molecule has 0 fully saturated rings. The van der Waals surface area contributed by atoms with Gasteiger partial charge in [-0.25, -0.2) is 0 Å². The Morgan fingerprint density at radius 3 is 2.74 bits per heavy atom. The lowest BCUT2D eigenvalue weighted by Gasteiger charge is -2.02. The van der Waals surface area contributed by atoms with Crippen molar-refractivity contribution in [2.75, 3.05) is 0 Å². The highest BCUT2D eigenvalue weighted by atomic mass is 16.4. The monoisotopic (exact) mass is 260 g/mol. The van der Waals surface area contributed by atoms with Crippen LogP contribution in [0.3, 0.4) is 0 Å². The van der Waals surface area contributed by atoms with Crippen molar-refractivity contribution in [3.8, 4) is 11.1 Å². The van der Waals surface area contributed by atoms with Crippen molar-refractivity contribution < 1.29 is 14.6 Å². The average molecular weight is 260 g/mol. The summed E-state index contributed by atoms with van der Waals surface area (Å²) in [6, 6.07) is 5.08. The molecule has 0 spiro atoms. The number of carboxylic acid groups (broad SMARTS) is 1. The van der Waals surface area contributed by atoms with E-state index in [-0.39, 0.29) is 12.0 Å². The highest BCUT2D eigenvalue weighted by Gasteiger charge is 2.07. The first-order valence-electron chi connectivity index (χ1n) is 5.81. The highest BCUT2D eigenvalue weighted by molar-refractivity contribution is 5.66. The van der Waals surface area contributed by atoms with Crippen LogP contribution in [0.4, 0.5) is 0 Å². The van der Waals surface area contributed by atoms with E-state index in [2.05, 4.69) is 5.10 Å². The minimum absolute atomic E-state index is 0.0385. The van der Waals surface area contributed by atoms with Gasteiger partial charge in [-0.15, -0.1) is 0 Å². The predicted octanol–water partition coefficient (Wildman–Crippen LogP) is 0.209. The van der Waals surface area contributed by atoms with Gasteiger partial charge >= 0.3 is 5.97 Å². The van der Waals surface area contributed by atoms with Crippen LogP contribution in [0.15, 0.2) is 41.6 Å². The second-order valence-electron chi connectivity index (χ2n) is 4.19. The topological polar surface area (TPSA) is 76.1 Å². The molecule has 0 amide bonds. The molecule has 0 bridgehead atoms. The van der Waals surface area contributed by atoms with Crippen molar-refractivity contribution in [3.63, 3.8) is 0 Å². The van der Waals surface area contributed by atoms with Crippen LogP contribution >= 0.6 is 0 Å². The fraction of sp³-hybridized carbons (Fsp3) is 0.231. The normalized spacial score (nSPS) is 10.4. The number of aliphatic carboxylic acids is 1.